The van der Waals surface area contributed by atoms with Crippen molar-refractivity contribution in [2.24, 2.45) is 11.8 Å². The van der Waals surface area contributed by atoms with E-state index in [0.29, 0.717) is 0 Å². The van der Waals surface area contributed by atoms with Crippen LogP contribution in [-0.2, 0) is 4.74 Å². The molecule has 2 atom stereocenters. The van der Waals surface area contributed by atoms with Crippen LogP contribution in [0.3, 0.4) is 0 Å². The highest BCUT2D eigenvalue weighted by atomic mass is 16.5. The normalized spacial score (nSPS) is 40.3. The van der Waals surface area contributed by atoms with Crippen molar-refractivity contribution in [3.05, 3.63) is 0 Å². The first kappa shape index (κ1) is 11.0. The molecule has 0 radical (unpaired) electrons. The topological polar surface area (TPSA) is 24.5 Å². The van der Waals surface area contributed by atoms with E-state index in [-0.39, 0.29) is 0 Å². The van der Waals surface area contributed by atoms with E-state index in [1.54, 1.807) is 0 Å². The summed E-state index contributed by atoms with van der Waals surface area (Å²) in [6.07, 6.45) is 2.66. The molecule has 2 heterocycles. The molecule has 0 aromatic heterocycles. The predicted molar refractivity (Wildman–Crippen MR) is 64.5 cm³/mol. The van der Waals surface area contributed by atoms with Gasteiger partial charge in [0.2, 0.25) is 0 Å². The summed E-state index contributed by atoms with van der Waals surface area (Å²) in [6.45, 7) is 9.16. The van der Waals surface area contributed by atoms with Crippen LogP contribution in [0.25, 0.3) is 0 Å². The minimum absolute atomic E-state index is 0.717. The number of fused-ring (bicyclic) bond motifs is 1. The molecule has 0 aromatic carbocycles. The molecule has 1 saturated carbocycles. The molecular weight excluding hydrogens is 200 g/mol. The minimum Gasteiger partial charge on any atom is -0.381 e. The number of rotatable bonds is 3. The highest BCUT2D eigenvalue weighted by molar-refractivity contribution is 5.07. The zero-order valence-electron chi connectivity index (χ0n) is 10.5. The van der Waals surface area contributed by atoms with E-state index in [0.717, 1.165) is 43.2 Å². The number of nitrogens with one attached hydrogen (secondary N) is 1. The van der Waals surface area contributed by atoms with Crippen molar-refractivity contribution in [1.82, 2.24) is 10.2 Å². The first-order valence-corrected chi connectivity index (χ1v) is 6.83. The van der Waals surface area contributed by atoms with Gasteiger partial charge in [0.1, 0.15) is 0 Å². The lowest BCUT2D eigenvalue weighted by Gasteiger charge is -2.35. The van der Waals surface area contributed by atoms with Gasteiger partial charge in [0.25, 0.3) is 0 Å². The maximum Gasteiger partial charge on any atom is 0.0513 e. The quantitative estimate of drug-likeness (QED) is 0.777. The SMILES string of the molecule is CC(C)N1CCC(NC2C3COCC32)CC1. The fraction of sp³-hybridized carbons (Fsp3) is 1.00. The van der Waals surface area contributed by atoms with Gasteiger partial charge in [0, 0.05) is 30.0 Å². The van der Waals surface area contributed by atoms with E-state index < -0.39 is 0 Å². The summed E-state index contributed by atoms with van der Waals surface area (Å²) in [6, 6.07) is 2.28. The Morgan fingerprint density at radius 2 is 1.75 bits per heavy atom. The van der Waals surface area contributed by atoms with Crippen molar-refractivity contribution < 1.29 is 4.74 Å². The van der Waals surface area contributed by atoms with E-state index in [4.69, 9.17) is 4.74 Å². The summed E-state index contributed by atoms with van der Waals surface area (Å²) in [5.41, 5.74) is 0. The second-order valence-electron chi connectivity index (χ2n) is 5.96. The van der Waals surface area contributed by atoms with Crippen LogP contribution >= 0.6 is 0 Å². The Morgan fingerprint density at radius 1 is 1.12 bits per heavy atom. The molecular formula is C13H24N2O. The Kier molecular flexibility index (Phi) is 2.94. The fourth-order valence-corrected chi connectivity index (χ4v) is 3.34. The molecule has 2 aliphatic heterocycles. The minimum atomic E-state index is 0.717. The predicted octanol–water partition coefficient (Wildman–Crippen LogP) is 1.09. The number of ether oxygens (including phenoxy) is 1. The van der Waals surface area contributed by atoms with E-state index in [1.807, 2.05) is 0 Å². The van der Waals surface area contributed by atoms with Crippen LogP contribution < -0.4 is 5.32 Å². The van der Waals surface area contributed by atoms with Crippen LogP contribution in [0.4, 0.5) is 0 Å². The van der Waals surface area contributed by atoms with Crippen LogP contribution in [0.2, 0.25) is 0 Å². The average Bonchev–Trinajstić information content (AvgIpc) is 2.75. The summed E-state index contributed by atoms with van der Waals surface area (Å²) in [5, 5.41) is 3.85. The van der Waals surface area contributed by atoms with Gasteiger partial charge >= 0.3 is 0 Å². The third kappa shape index (κ3) is 2.01. The molecule has 3 rings (SSSR count). The maximum absolute atomic E-state index is 5.43. The summed E-state index contributed by atoms with van der Waals surface area (Å²) >= 11 is 0. The Hall–Kier alpha value is -0.120. The van der Waals surface area contributed by atoms with Crippen LogP contribution in [0.5, 0.6) is 0 Å². The van der Waals surface area contributed by atoms with Gasteiger partial charge in [-0.15, -0.1) is 0 Å². The summed E-state index contributed by atoms with van der Waals surface area (Å²) < 4.78 is 5.43. The molecule has 0 bridgehead atoms. The summed E-state index contributed by atoms with van der Waals surface area (Å²) in [5.74, 6) is 1.70. The first-order valence-electron chi connectivity index (χ1n) is 6.83. The Morgan fingerprint density at radius 3 is 2.31 bits per heavy atom. The Bertz CT molecular complexity index is 238. The van der Waals surface area contributed by atoms with Crippen molar-refractivity contribution in [1.29, 1.82) is 0 Å². The monoisotopic (exact) mass is 224 g/mol. The number of hydrogen-bond acceptors (Lipinski definition) is 3. The van der Waals surface area contributed by atoms with Crippen molar-refractivity contribution in [3.8, 4) is 0 Å². The zero-order chi connectivity index (χ0) is 11.1. The molecule has 0 amide bonds. The number of hydrogen-bond donors (Lipinski definition) is 1. The van der Waals surface area contributed by atoms with Crippen molar-refractivity contribution in [2.45, 2.75) is 44.8 Å². The lowest BCUT2D eigenvalue weighted by molar-refractivity contribution is 0.138. The number of likely N-dealkylation sites (tertiary alicyclic amines) is 1. The molecule has 3 nitrogen and oxygen atoms in total. The number of nitrogens with zero attached hydrogens (tertiary/aromatic N) is 1. The standard InChI is InChI=1S/C13H24N2O/c1-9(2)15-5-3-10(4-6-15)14-13-11-7-16-8-12(11)13/h9-14H,3-8H2,1-2H3. The number of piperidine rings is 1. The van der Waals surface area contributed by atoms with Gasteiger partial charge in [-0.1, -0.05) is 0 Å². The molecule has 3 aliphatic rings. The van der Waals surface area contributed by atoms with Gasteiger partial charge in [-0.3, -0.25) is 0 Å². The van der Waals surface area contributed by atoms with E-state index in [2.05, 4.69) is 24.1 Å². The Balaban J connectivity index is 1.42. The molecule has 92 valence electrons. The maximum atomic E-state index is 5.43. The lowest BCUT2D eigenvalue weighted by Crippen LogP contribution is -2.46. The highest BCUT2D eigenvalue weighted by Gasteiger charge is 2.54. The smallest absolute Gasteiger partial charge is 0.0513 e. The van der Waals surface area contributed by atoms with Gasteiger partial charge in [-0.2, -0.15) is 0 Å². The van der Waals surface area contributed by atoms with Crippen LogP contribution in [0.1, 0.15) is 26.7 Å². The van der Waals surface area contributed by atoms with Crippen molar-refractivity contribution in [2.75, 3.05) is 26.3 Å². The second-order valence-corrected chi connectivity index (χ2v) is 5.96. The van der Waals surface area contributed by atoms with E-state index in [9.17, 15) is 0 Å². The average molecular weight is 224 g/mol. The summed E-state index contributed by atoms with van der Waals surface area (Å²) in [4.78, 5) is 2.59. The second kappa shape index (κ2) is 4.28. The molecule has 3 fully saturated rings. The van der Waals surface area contributed by atoms with Gasteiger partial charge in [0.15, 0.2) is 0 Å². The van der Waals surface area contributed by atoms with Crippen LogP contribution in [0.15, 0.2) is 0 Å². The molecule has 1 N–H and O–H groups in total. The van der Waals surface area contributed by atoms with Gasteiger partial charge < -0.3 is 15.0 Å². The molecule has 0 aromatic rings. The Labute approximate surface area is 98.5 Å². The van der Waals surface area contributed by atoms with Gasteiger partial charge in [-0.25, -0.2) is 0 Å². The molecule has 16 heavy (non-hydrogen) atoms. The van der Waals surface area contributed by atoms with Crippen LogP contribution in [-0.4, -0.2) is 49.3 Å². The zero-order valence-corrected chi connectivity index (χ0v) is 10.5. The molecule has 1 aliphatic carbocycles. The largest absolute Gasteiger partial charge is 0.381 e. The van der Waals surface area contributed by atoms with E-state index in [1.165, 1.54) is 25.9 Å². The third-order valence-electron chi connectivity index (χ3n) is 4.64. The third-order valence-corrected chi connectivity index (χ3v) is 4.64. The highest BCUT2D eigenvalue weighted by Crippen LogP contribution is 2.44. The molecule has 2 saturated heterocycles. The van der Waals surface area contributed by atoms with Crippen LogP contribution in [0, 0.1) is 11.8 Å². The fourth-order valence-electron chi connectivity index (χ4n) is 3.34. The summed E-state index contributed by atoms with van der Waals surface area (Å²) in [7, 11) is 0. The van der Waals surface area contributed by atoms with Gasteiger partial charge in [0.05, 0.1) is 13.2 Å². The van der Waals surface area contributed by atoms with Crippen molar-refractivity contribution in [3.63, 3.8) is 0 Å². The first-order chi connectivity index (χ1) is 7.75. The van der Waals surface area contributed by atoms with E-state index >= 15 is 0 Å². The van der Waals surface area contributed by atoms with Crippen molar-refractivity contribution >= 4 is 0 Å². The van der Waals surface area contributed by atoms with Gasteiger partial charge in [-0.05, 0) is 39.8 Å². The molecule has 2 unspecified atom stereocenters. The molecule has 3 heteroatoms. The molecule has 0 spiro atoms. The lowest BCUT2D eigenvalue weighted by atomic mass is 10.0.